The van der Waals surface area contributed by atoms with Crippen molar-refractivity contribution in [2.24, 2.45) is 5.73 Å². The summed E-state index contributed by atoms with van der Waals surface area (Å²) in [6.45, 7) is 2.87. The summed E-state index contributed by atoms with van der Waals surface area (Å²) in [6.07, 6.45) is 2.96. The van der Waals surface area contributed by atoms with E-state index in [4.69, 9.17) is 18.0 Å². The lowest BCUT2D eigenvalue weighted by Gasteiger charge is -2.02. The second-order valence-corrected chi connectivity index (χ2v) is 4.34. The Balaban J connectivity index is 2.17. The van der Waals surface area contributed by atoms with E-state index in [1.165, 1.54) is 22.0 Å². The SMILES string of the molecule is Cc1ccc2[nH]cc(CCNC(N)=S)c2c1. The normalized spacial score (nSPS) is 10.6. The minimum absolute atomic E-state index is 0.357. The van der Waals surface area contributed by atoms with Gasteiger partial charge in [-0.2, -0.15) is 0 Å². The first-order valence-electron chi connectivity index (χ1n) is 5.27. The highest BCUT2D eigenvalue weighted by Gasteiger charge is 2.03. The summed E-state index contributed by atoms with van der Waals surface area (Å²) in [5, 5.41) is 4.60. The van der Waals surface area contributed by atoms with Gasteiger partial charge in [0.2, 0.25) is 0 Å². The van der Waals surface area contributed by atoms with Crippen LogP contribution in [0, 0.1) is 6.92 Å². The van der Waals surface area contributed by atoms with Crippen LogP contribution in [0.15, 0.2) is 24.4 Å². The van der Waals surface area contributed by atoms with Crippen molar-refractivity contribution >= 4 is 28.2 Å². The quantitative estimate of drug-likeness (QED) is 0.709. The number of nitrogens with two attached hydrogens (primary N) is 1. The van der Waals surface area contributed by atoms with Crippen LogP contribution >= 0.6 is 12.2 Å². The van der Waals surface area contributed by atoms with Gasteiger partial charge in [0.15, 0.2) is 5.11 Å². The Kier molecular flexibility index (Phi) is 3.10. The number of H-pyrrole nitrogens is 1. The molecule has 0 aliphatic rings. The zero-order valence-corrected chi connectivity index (χ0v) is 10.0. The molecule has 2 rings (SSSR count). The fourth-order valence-corrected chi connectivity index (χ4v) is 1.92. The molecule has 1 heterocycles. The number of nitrogens with one attached hydrogen (secondary N) is 2. The van der Waals surface area contributed by atoms with Crippen molar-refractivity contribution < 1.29 is 0 Å². The Labute approximate surface area is 100 Å². The molecule has 0 saturated carbocycles. The van der Waals surface area contributed by atoms with E-state index in [2.05, 4.69) is 35.4 Å². The molecule has 0 aliphatic carbocycles. The molecule has 0 fully saturated rings. The first-order chi connectivity index (χ1) is 7.66. The van der Waals surface area contributed by atoms with Crippen LogP contribution in [0.25, 0.3) is 10.9 Å². The maximum absolute atomic E-state index is 5.38. The van der Waals surface area contributed by atoms with Crippen LogP contribution in [0.3, 0.4) is 0 Å². The van der Waals surface area contributed by atoms with Crippen molar-refractivity contribution in [2.75, 3.05) is 6.54 Å². The second-order valence-electron chi connectivity index (χ2n) is 3.90. The molecule has 0 amide bonds. The zero-order valence-electron chi connectivity index (χ0n) is 9.21. The van der Waals surface area contributed by atoms with Crippen molar-refractivity contribution in [3.05, 3.63) is 35.5 Å². The summed E-state index contributed by atoms with van der Waals surface area (Å²) < 4.78 is 0. The first-order valence-corrected chi connectivity index (χ1v) is 5.67. The molecule has 0 radical (unpaired) electrons. The third kappa shape index (κ3) is 2.33. The molecular weight excluding hydrogens is 218 g/mol. The lowest BCUT2D eigenvalue weighted by Crippen LogP contribution is -2.30. The van der Waals surface area contributed by atoms with Crippen molar-refractivity contribution in [3.8, 4) is 0 Å². The Morgan fingerprint density at radius 1 is 1.50 bits per heavy atom. The lowest BCUT2D eigenvalue weighted by molar-refractivity contribution is 0.874. The topological polar surface area (TPSA) is 53.8 Å². The second kappa shape index (κ2) is 4.53. The number of rotatable bonds is 3. The largest absolute Gasteiger partial charge is 0.376 e. The fourth-order valence-electron chi connectivity index (χ4n) is 1.82. The third-order valence-corrected chi connectivity index (χ3v) is 2.76. The molecule has 2 aromatic rings. The van der Waals surface area contributed by atoms with Crippen LogP contribution < -0.4 is 11.1 Å². The van der Waals surface area contributed by atoms with Gasteiger partial charge in [-0.3, -0.25) is 0 Å². The molecule has 1 aromatic carbocycles. The highest BCUT2D eigenvalue weighted by atomic mass is 32.1. The number of aromatic amines is 1. The molecule has 0 atom stereocenters. The Hall–Kier alpha value is -1.55. The van der Waals surface area contributed by atoms with Gasteiger partial charge in [0.1, 0.15) is 0 Å². The molecule has 0 aliphatic heterocycles. The number of hydrogen-bond acceptors (Lipinski definition) is 1. The van der Waals surface area contributed by atoms with Gasteiger partial charge in [0, 0.05) is 23.6 Å². The van der Waals surface area contributed by atoms with Crippen molar-refractivity contribution in [1.82, 2.24) is 10.3 Å². The van der Waals surface area contributed by atoms with E-state index < -0.39 is 0 Å². The number of aromatic nitrogens is 1. The molecule has 4 N–H and O–H groups in total. The number of hydrogen-bond donors (Lipinski definition) is 3. The lowest BCUT2D eigenvalue weighted by atomic mass is 10.1. The third-order valence-electron chi connectivity index (χ3n) is 2.62. The van der Waals surface area contributed by atoms with E-state index in [1.807, 2.05) is 6.20 Å². The van der Waals surface area contributed by atoms with E-state index in [0.29, 0.717) is 5.11 Å². The van der Waals surface area contributed by atoms with E-state index in [1.54, 1.807) is 0 Å². The summed E-state index contributed by atoms with van der Waals surface area (Å²) in [7, 11) is 0. The first kappa shape index (κ1) is 11.0. The van der Waals surface area contributed by atoms with E-state index >= 15 is 0 Å². The van der Waals surface area contributed by atoms with Crippen LogP contribution in [0.5, 0.6) is 0 Å². The zero-order chi connectivity index (χ0) is 11.5. The molecule has 84 valence electrons. The van der Waals surface area contributed by atoms with Gasteiger partial charge in [-0.15, -0.1) is 0 Å². The summed E-state index contributed by atoms with van der Waals surface area (Å²) in [6, 6.07) is 6.41. The summed E-state index contributed by atoms with van der Waals surface area (Å²) >= 11 is 4.77. The maximum atomic E-state index is 5.38. The summed E-state index contributed by atoms with van der Waals surface area (Å²) in [4.78, 5) is 3.26. The molecule has 3 nitrogen and oxygen atoms in total. The Bertz CT molecular complexity index is 516. The van der Waals surface area contributed by atoms with Crippen LogP contribution in [0.2, 0.25) is 0 Å². The average Bonchev–Trinajstić information content (AvgIpc) is 2.60. The number of benzene rings is 1. The fraction of sp³-hybridized carbons (Fsp3) is 0.250. The molecule has 0 bridgehead atoms. The van der Waals surface area contributed by atoms with E-state index in [-0.39, 0.29) is 0 Å². The number of fused-ring (bicyclic) bond motifs is 1. The molecule has 1 aromatic heterocycles. The van der Waals surface area contributed by atoms with Crippen LogP contribution in [-0.2, 0) is 6.42 Å². The number of thiocarbonyl (C=S) groups is 1. The predicted octanol–water partition coefficient (Wildman–Crippen LogP) is 1.85. The van der Waals surface area contributed by atoms with Crippen molar-refractivity contribution in [2.45, 2.75) is 13.3 Å². The van der Waals surface area contributed by atoms with Crippen LogP contribution in [0.4, 0.5) is 0 Å². The van der Waals surface area contributed by atoms with Gasteiger partial charge in [-0.05, 0) is 43.3 Å². The van der Waals surface area contributed by atoms with Crippen molar-refractivity contribution in [3.63, 3.8) is 0 Å². The minimum atomic E-state index is 0.357. The Morgan fingerprint density at radius 3 is 3.06 bits per heavy atom. The van der Waals surface area contributed by atoms with E-state index in [9.17, 15) is 0 Å². The maximum Gasteiger partial charge on any atom is 0.163 e. The van der Waals surface area contributed by atoms with Gasteiger partial charge in [0.05, 0.1) is 0 Å². The number of aryl methyl sites for hydroxylation is 1. The molecule has 16 heavy (non-hydrogen) atoms. The molecule has 0 spiro atoms. The van der Waals surface area contributed by atoms with E-state index in [0.717, 1.165) is 13.0 Å². The minimum Gasteiger partial charge on any atom is -0.376 e. The summed E-state index contributed by atoms with van der Waals surface area (Å²) in [5.74, 6) is 0. The Morgan fingerprint density at radius 2 is 2.31 bits per heavy atom. The molecule has 0 unspecified atom stereocenters. The molecular formula is C12H15N3S. The monoisotopic (exact) mass is 233 g/mol. The standard InChI is InChI=1S/C12H15N3S/c1-8-2-3-11-10(6-8)9(7-15-11)4-5-14-12(13)16/h2-3,6-7,15H,4-5H2,1H3,(H3,13,14,16). The van der Waals surface area contributed by atoms with Gasteiger partial charge in [0.25, 0.3) is 0 Å². The van der Waals surface area contributed by atoms with Gasteiger partial charge in [-0.25, -0.2) is 0 Å². The predicted molar refractivity (Wildman–Crippen MR) is 71.5 cm³/mol. The smallest absolute Gasteiger partial charge is 0.163 e. The van der Waals surface area contributed by atoms with Gasteiger partial charge in [-0.1, -0.05) is 11.6 Å². The van der Waals surface area contributed by atoms with Gasteiger partial charge >= 0.3 is 0 Å². The average molecular weight is 233 g/mol. The van der Waals surface area contributed by atoms with Crippen LogP contribution in [0.1, 0.15) is 11.1 Å². The summed E-state index contributed by atoms with van der Waals surface area (Å²) in [5.41, 5.74) is 9.13. The molecule has 4 heteroatoms. The van der Waals surface area contributed by atoms with Gasteiger partial charge < -0.3 is 16.0 Å². The van der Waals surface area contributed by atoms with Crippen LogP contribution in [-0.4, -0.2) is 16.6 Å². The van der Waals surface area contributed by atoms with Crippen molar-refractivity contribution in [1.29, 1.82) is 0 Å². The molecule has 0 saturated heterocycles. The highest BCUT2D eigenvalue weighted by molar-refractivity contribution is 7.80. The highest BCUT2D eigenvalue weighted by Crippen LogP contribution is 2.19.